The van der Waals surface area contributed by atoms with Gasteiger partial charge < -0.3 is 5.01 Å². The summed E-state index contributed by atoms with van der Waals surface area (Å²) in [5, 5.41) is 2.17. The van der Waals surface area contributed by atoms with Gasteiger partial charge in [0.05, 0.1) is 6.04 Å². The predicted octanol–water partition coefficient (Wildman–Crippen LogP) is 3.17. The highest BCUT2D eigenvalue weighted by molar-refractivity contribution is 5.29. The minimum absolute atomic E-state index is 0.120. The van der Waals surface area contributed by atoms with Gasteiger partial charge in [-0.1, -0.05) is 29.8 Å². The second-order valence-corrected chi connectivity index (χ2v) is 5.40. The number of hydrogen-bond acceptors (Lipinski definition) is 2. The summed E-state index contributed by atoms with van der Waals surface area (Å²) >= 11 is 0. The molecule has 1 unspecified atom stereocenters. The molecule has 0 bridgehead atoms. The van der Waals surface area contributed by atoms with Crippen LogP contribution in [0.15, 0.2) is 36.5 Å². The van der Waals surface area contributed by atoms with Crippen LogP contribution in [0.3, 0.4) is 0 Å². The average molecular weight is 216 g/mol. The van der Waals surface area contributed by atoms with Crippen molar-refractivity contribution in [3.63, 3.8) is 0 Å². The van der Waals surface area contributed by atoms with Crippen molar-refractivity contribution in [2.75, 3.05) is 0 Å². The van der Waals surface area contributed by atoms with Crippen molar-refractivity contribution in [2.24, 2.45) is 0 Å². The van der Waals surface area contributed by atoms with Gasteiger partial charge in [0.2, 0.25) is 0 Å². The van der Waals surface area contributed by atoms with E-state index in [2.05, 4.69) is 74.7 Å². The van der Waals surface area contributed by atoms with Crippen LogP contribution in [-0.4, -0.2) is 10.5 Å². The number of hydrogen-bond donors (Lipinski definition) is 1. The molecule has 2 nitrogen and oxygen atoms in total. The Kier molecular flexibility index (Phi) is 2.76. The van der Waals surface area contributed by atoms with E-state index in [4.69, 9.17) is 0 Å². The van der Waals surface area contributed by atoms with E-state index in [0.717, 1.165) is 0 Å². The first-order valence-electron chi connectivity index (χ1n) is 5.77. The van der Waals surface area contributed by atoms with E-state index in [9.17, 15) is 0 Å². The van der Waals surface area contributed by atoms with Crippen LogP contribution in [0.5, 0.6) is 0 Å². The number of hydrazine groups is 1. The maximum atomic E-state index is 3.50. The van der Waals surface area contributed by atoms with E-state index in [0.29, 0.717) is 6.04 Å². The number of aryl methyl sites for hydroxylation is 1. The lowest BCUT2D eigenvalue weighted by molar-refractivity contribution is 0.141. The molecule has 2 heteroatoms. The van der Waals surface area contributed by atoms with Gasteiger partial charge in [-0.25, -0.2) is 5.43 Å². The lowest BCUT2D eigenvalue weighted by Gasteiger charge is -2.33. The van der Waals surface area contributed by atoms with Gasteiger partial charge in [-0.15, -0.1) is 0 Å². The zero-order valence-electron chi connectivity index (χ0n) is 10.5. The van der Waals surface area contributed by atoms with Gasteiger partial charge in [0.15, 0.2) is 0 Å². The van der Waals surface area contributed by atoms with Gasteiger partial charge in [0, 0.05) is 11.7 Å². The van der Waals surface area contributed by atoms with E-state index >= 15 is 0 Å². The lowest BCUT2D eigenvalue weighted by atomic mass is 10.1. The predicted molar refractivity (Wildman–Crippen MR) is 67.8 cm³/mol. The van der Waals surface area contributed by atoms with E-state index in [1.165, 1.54) is 11.1 Å². The molecule has 1 aliphatic rings. The van der Waals surface area contributed by atoms with Gasteiger partial charge in [-0.3, -0.25) is 0 Å². The first kappa shape index (κ1) is 11.2. The van der Waals surface area contributed by atoms with Crippen molar-refractivity contribution in [1.29, 1.82) is 0 Å². The molecule has 86 valence electrons. The quantitative estimate of drug-likeness (QED) is 0.775. The maximum Gasteiger partial charge on any atom is 0.0710 e. The molecule has 0 aliphatic carbocycles. The Balaban J connectivity index is 2.14. The third kappa shape index (κ3) is 2.27. The highest BCUT2D eigenvalue weighted by Crippen LogP contribution is 2.24. The molecule has 1 N–H and O–H groups in total. The molecule has 1 aromatic rings. The van der Waals surface area contributed by atoms with Crippen molar-refractivity contribution in [2.45, 2.75) is 39.3 Å². The summed E-state index contributed by atoms with van der Waals surface area (Å²) in [6.45, 7) is 8.72. The standard InChI is InChI=1S/C14H20N2/c1-11-6-5-7-12(10-11)13-8-9-16(15-13)14(2,3)4/h5-10,13,15H,1-4H3. The van der Waals surface area contributed by atoms with Gasteiger partial charge in [-0.2, -0.15) is 0 Å². The Bertz CT molecular complexity index is 401. The molecule has 1 aromatic carbocycles. The van der Waals surface area contributed by atoms with Gasteiger partial charge in [0.1, 0.15) is 0 Å². The van der Waals surface area contributed by atoms with E-state index in [1.807, 2.05) is 0 Å². The third-order valence-electron chi connectivity index (χ3n) is 2.83. The fraction of sp³-hybridized carbons (Fsp3) is 0.429. The van der Waals surface area contributed by atoms with Gasteiger partial charge in [-0.05, 0) is 39.3 Å². The summed E-state index contributed by atoms with van der Waals surface area (Å²) in [6, 6.07) is 8.94. The minimum Gasteiger partial charge on any atom is -0.310 e. The molecule has 0 radical (unpaired) electrons. The Labute approximate surface area is 97.9 Å². The molecular formula is C14H20N2. The smallest absolute Gasteiger partial charge is 0.0710 e. The van der Waals surface area contributed by atoms with Gasteiger partial charge >= 0.3 is 0 Å². The zero-order chi connectivity index (χ0) is 11.8. The molecule has 0 saturated heterocycles. The van der Waals surface area contributed by atoms with Gasteiger partial charge in [0.25, 0.3) is 0 Å². The Morgan fingerprint density at radius 1 is 1.25 bits per heavy atom. The summed E-state index contributed by atoms with van der Waals surface area (Å²) in [7, 11) is 0. The largest absolute Gasteiger partial charge is 0.310 e. The van der Waals surface area contributed by atoms with Crippen LogP contribution in [0.4, 0.5) is 0 Å². The lowest BCUT2D eigenvalue weighted by Crippen LogP contribution is -2.44. The van der Waals surface area contributed by atoms with Crippen molar-refractivity contribution in [3.8, 4) is 0 Å². The zero-order valence-corrected chi connectivity index (χ0v) is 10.5. The monoisotopic (exact) mass is 216 g/mol. The summed E-state index contributed by atoms with van der Waals surface area (Å²) in [4.78, 5) is 0. The number of benzene rings is 1. The van der Waals surface area contributed by atoms with Crippen LogP contribution in [0.1, 0.15) is 37.9 Å². The maximum absolute atomic E-state index is 3.50. The number of nitrogens with zero attached hydrogens (tertiary/aromatic N) is 1. The molecule has 0 saturated carbocycles. The third-order valence-corrected chi connectivity index (χ3v) is 2.83. The summed E-state index contributed by atoms with van der Waals surface area (Å²) in [6.07, 6.45) is 4.34. The number of nitrogens with one attached hydrogen (secondary N) is 1. The van der Waals surface area contributed by atoms with Crippen LogP contribution in [0.2, 0.25) is 0 Å². The van der Waals surface area contributed by atoms with Crippen molar-refractivity contribution < 1.29 is 0 Å². The van der Waals surface area contributed by atoms with Crippen molar-refractivity contribution >= 4 is 0 Å². The second kappa shape index (κ2) is 3.95. The van der Waals surface area contributed by atoms with E-state index in [1.54, 1.807) is 0 Å². The van der Waals surface area contributed by atoms with E-state index in [-0.39, 0.29) is 5.54 Å². The second-order valence-electron chi connectivity index (χ2n) is 5.40. The van der Waals surface area contributed by atoms with Crippen LogP contribution in [0, 0.1) is 6.92 Å². The topological polar surface area (TPSA) is 15.3 Å². The molecule has 2 rings (SSSR count). The first-order chi connectivity index (χ1) is 7.47. The fourth-order valence-corrected chi connectivity index (χ4v) is 1.87. The molecule has 0 fully saturated rings. The van der Waals surface area contributed by atoms with Crippen LogP contribution in [-0.2, 0) is 0 Å². The molecule has 1 atom stereocenters. The van der Waals surface area contributed by atoms with Crippen molar-refractivity contribution in [3.05, 3.63) is 47.7 Å². The Morgan fingerprint density at radius 2 is 2.00 bits per heavy atom. The molecular weight excluding hydrogens is 196 g/mol. The molecule has 0 spiro atoms. The fourth-order valence-electron chi connectivity index (χ4n) is 1.87. The highest BCUT2D eigenvalue weighted by atomic mass is 15.5. The van der Waals surface area contributed by atoms with E-state index < -0.39 is 0 Å². The normalized spacial score (nSPS) is 20.5. The molecule has 0 amide bonds. The molecule has 1 heterocycles. The highest BCUT2D eigenvalue weighted by Gasteiger charge is 2.25. The molecule has 1 aliphatic heterocycles. The summed E-state index contributed by atoms with van der Waals surface area (Å²) in [5.74, 6) is 0. The van der Waals surface area contributed by atoms with Crippen LogP contribution < -0.4 is 5.43 Å². The SMILES string of the molecule is Cc1cccc(C2C=CN(C(C)(C)C)N2)c1. The Morgan fingerprint density at radius 3 is 2.56 bits per heavy atom. The molecule has 16 heavy (non-hydrogen) atoms. The summed E-state index contributed by atoms with van der Waals surface area (Å²) < 4.78 is 0. The first-order valence-corrected chi connectivity index (χ1v) is 5.77. The Hall–Kier alpha value is -1.28. The average Bonchev–Trinajstić information content (AvgIpc) is 2.65. The van der Waals surface area contributed by atoms with Crippen molar-refractivity contribution in [1.82, 2.24) is 10.4 Å². The summed E-state index contributed by atoms with van der Waals surface area (Å²) in [5.41, 5.74) is 6.25. The number of rotatable bonds is 1. The van der Waals surface area contributed by atoms with Crippen LogP contribution >= 0.6 is 0 Å². The van der Waals surface area contributed by atoms with Crippen LogP contribution in [0.25, 0.3) is 0 Å². The minimum atomic E-state index is 0.120. The molecule has 0 aromatic heterocycles.